The van der Waals surface area contributed by atoms with Crippen LogP contribution >= 0.6 is 15.9 Å². The second-order valence-electron chi connectivity index (χ2n) is 3.30. The molecule has 0 fully saturated rings. The van der Waals surface area contributed by atoms with Crippen molar-refractivity contribution in [3.8, 4) is 0 Å². The maximum Gasteiger partial charge on any atom is 0.177 e. The van der Waals surface area contributed by atoms with E-state index in [9.17, 15) is 0 Å². The Labute approximate surface area is 98.9 Å². The Kier molecular flexibility index (Phi) is 2.17. The zero-order valence-electron chi connectivity index (χ0n) is 8.13. The van der Waals surface area contributed by atoms with E-state index in [2.05, 4.69) is 41.0 Å². The van der Waals surface area contributed by atoms with Crippen LogP contribution in [0.3, 0.4) is 0 Å². The molecule has 16 heavy (non-hydrogen) atoms. The number of fused-ring (bicyclic) bond motifs is 1. The largest absolute Gasteiger partial charge is 0.339 e. The summed E-state index contributed by atoms with van der Waals surface area (Å²) in [6.45, 7) is 0.563. The molecule has 3 aromatic heterocycles. The molecule has 6 nitrogen and oxygen atoms in total. The van der Waals surface area contributed by atoms with Crippen molar-refractivity contribution in [3.05, 3.63) is 35.2 Å². The lowest BCUT2D eigenvalue weighted by atomic mass is 10.4. The fourth-order valence-electron chi connectivity index (χ4n) is 1.47. The quantitative estimate of drug-likeness (QED) is 0.768. The van der Waals surface area contributed by atoms with Crippen LogP contribution in [0.25, 0.3) is 11.2 Å². The van der Waals surface area contributed by atoms with E-state index in [0.29, 0.717) is 12.2 Å². The number of hydrogen-bond donors (Lipinski definition) is 1. The van der Waals surface area contributed by atoms with Crippen LogP contribution in [0, 0.1) is 0 Å². The summed E-state index contributed by atoms with van der Waals surface area (Å²) >= 11 is 3.36. The molecule has 0 amide bonds. The van der Waals surface area contributed by atoms with E-state index in [1.54, 1.807) is 17.2 Å². The van der Waals surface area contributed by atoms with E-state index in [4.69, 9.17) is 0 Å². The normalized spacial score (nSPS) is 11.1. The lowest BCUT2D eigenvalue weighted by Crippen LogP contribution is -2.01. The third kappa shape index (κ3) is 1.69. The molecule has 3 aromatic rings. The second-order valence-corrected chi connectivity index (χ2v) is 4.22. The van der Waals surface area contributed by atoms with Crippen molar-refractivity contribution in [2.45, 2.75) is 6.54 Å². The van der Waals surface area contributed by atoms with E-state index < -0.39 is 0 Å². The molecule has 0 aromatic carbocycles. The van der Waals surface area contributed by atoms with Crippen molar-refractivity contribution in [2.24, 2.45) is 0 Å². The van der Waals surface area contributed by atoms with Crippen LogP contribution in [-0.2, 0) is 6.54 Å². The Hall–Kier alpha value is -1.76. The average Bonchev–Trinajstić information content (AvgIpc) is 2.86. The average molecular weight is 279 g/mol. The Morgan fingerprint density at radius 1 is 1.44 bits per heavy atom. The Morgan fingerprint density at radius 2 is 2.38 bits per heavy atom. The molecule has 0 saturated carbocycles. The SMILES string of the molecule is Brc1cnc2nc(Cn3cncn3)[nH]c2c1. The van der Waals surface area contributed by atoms with E-state index >= 15 is 0 Å². The highest BCUT2D eigenvalue weighted by Gasteiger charge is 2.05. The molecule has 7 heteroatoms. The lowest BCUT2D eigenvalue weighted by Gasteiger charge is -1.94. The minimum absolute atomic E-state index is 0.563. The van der Waals surface area contributed by atoms with E-state index in [1.165, 1.54) is 6.33 Å². The monoisotopic (exact) mass is 278 g/mol. The minimum Gasteiger partial charge on any atom is -0.339 e. The molecule has 0 atom stereocenters. The number of halogens is 1. The molecular weight excluding hydrogens is 272 g/mol. The zero-order valence-corrected chi connectivity index (χ0v) is 9.72. The highest BCUT2D eigenvalue weighted by atomic mass is 79.9. The maximum absolute atomic E-state index is 4.35. The molecule has 0 aliphatic carbocycles. The van der Waals surface area contributed by atoms with Gasteiger partial charge in [-0.15, -0.1) is 0 Å². The van der Waals surface area contributed by atoms with E-state index in [0.717, 1.165) is 15.8 Å². The first kappa shape index (κ1) is 9.46. The lowest BCUT2D eigenvalue weighted by molar-refractivity contribution is 0.661. The molecule has 0 saturated heterocycles. The highest BCUT2D eigenvalue weighted by molar-refractivity contribution is 9.10. The summed E-state index contributed by atoms with van der Waals surface area (Å²) in [7, 11) is 0. The highest BCUT2D eigenvalue weighted by Crippen LogP contribution is 2.15. The van der Waals surface area contributed by atoms with Gasteiger partial charge in [-0.3, -0.25) is 0 Å². The fraction of sp³-hybridized carbons (Fsp3) is 0.111. The smallest absolute Gasteiger partial charge is 0.177 e. The van der Waals surface area contributed by atoms with Gasteiger partial charge >= 0.3 is 0 Å². The topological polar surface area (TPSA) is 72.3 Å². The Balaban J connectivity index is 1.99. The first-order chi connectivity index (χ1) is 7.81. The number of H-pyrrole nitrogens is 1. The molecule has 3 heterocycles. The molecule has 0 bridgehead atoms. The number of aromatic amines is 1. The van der Waals surface area contributed by atoms with Crippen LogP contribution in [0.1, 0.15) is 5.82 Å². The van der Waals surface area contributed by atoms with Crippen LogP contribution in [0.5, 0.6) is 0 Å². The molecule has 0 spiro atoms. The van der Waals surface area contributed by atoms with Crippen LogP contribution in [0.15, 0.2) is 29.4 Å². The van der Waals surface area contributed by atoms with Gasteiger partial charge in [-0.1, -0.05) is 0 Å². The minimum atomic E-state index is 0.563. The molecule has 0 aliphatic rings. The van der Waals surface area contributed by atoms with Gasteiger partial charge in [0.25, 0.3) is 0 Å². The van der Waals surface area contributed by atoms with Gasteiger partial charge < -0.3 is 4.98 Å². The van der Waals surface area contributed by atoms with Crippen molar-refractivity contribution in [2.75, 3.05) is 0 Å². The molecule has 3 rings (SSSR count). The summed E-state index contributed by atoms with van der Waals surface area (Å²) in [6.07, 6.45) is 4.87. The van der Waals surface area contributed by atoms with Crippen molar-refractivity contribution in [3.63, 3.8) is 0 Å². The first-order valence-corrected chi connectivity index (χ1v) is 5.43. The number of nitrogens with zero attached hydrogens (tertiary/aromatic N) is 5. The van der Waals surface area contributed by atoms with Crippen molar-refractivity contribution in [1.29, 1.82) is 0 Å². The van der Waals surface area contributed by atoms with Gasteiger partial charge in [0.2, 0.25) is 0 Å². The first-order valence-electron chi connectivity index (χ1n) is 4.64. The summed E-state index contributed by atoms with van der Waals surface area (Å²) in [5.41, 5.74) is 1.61. The summed E-state index contributed by atoms with van der Waals surface area (Å²) < 4.78 is 2.63. The van der Waals surface area contributed by atoms with E-state index in [1.807, 2.05) is 6.07 Å². The number of aromatic nitrogens is 6. The van der Waals surface area contributed by atoms with Crippen LogP contribution < -0.4 is 0 Å². The maximum atomic E-state index is 4.35. The second kappa shape index (κ2) is 3.67. The van der Waals surface area contributed by atoms with Gasteiger partial charge in [0.15, 0.2) is 5.65 Å². The molecule has 80 valence electrons. The number of rotatable bonds is 2. The number of hydrogen-bond acceptors (Lipinski definition) is 4. The third-order valence-corrected chi connectivity index (χ3v) is 2.57. The van der Waals surface area contributed by atoms with Gasteiger partial charge in [-0.2, -0.15) is 5.10 Å². The fourth-order valence-corrected chi connectivity index (χ4v) is 1.80. The van der Waals surface area contributed by atoms with Crippen molar-refractivity contribution >= 4 is 27.1 Å². The summed E-state index contributed by atoms with van der Waals surface area (Å²) in [6, 6.07) is 1.94. The van der Waals surface area contributed by atoms with Crippen molar-refractivity contribution < 1.29 is 0 Å². The van der Waals surface area contributed by atoms with Gasteiger partial charge in [0, 0.05) is 10.7 Å². The predicted octanol–water partition coefficient (Wildman–Crippen LogP) is 1.36. The van der Waals surface area contributed by atoms with Gasteiger partial charge in [-0.05, 0) is 22.0 Å². The van der Waals surface area contributed by atoms with Crippen LogP contribution in [0.2, 0.25) is 0 Å². The number of imidazole rings is 1. The Bertz CT molecular complexity index is 614. The molecule has 0 radical (unpaired) electrons. The standard InChI is InChI=1S/C9H7BrN6/c10-6-1-7-9(12-2-6)15-8(14-7)3-16-5-11-4-13-16/h1-2,4-5H,3H2,(H,12,14,15). The third-order valence-electron chi connectivity index (χ3n) is 2.13. The summed E-state index contributed by atoms with van der Waals surface area (Å²) in [4.78, 5) is 15.6. The number of pyridine rings is 1. The van der Waals surface area contributed by atoms with Crippen LogP contribution in [0.4, 0.5) is 0 Å². The molecule has 1 N–H and O–H groups in total. The summed E-state index contributed by atoms with van der Waals surface area (Å²) in [5, 5.41) is 4.02. The van der Waals surface area contributed by atoms with E-state index in [-0.39, 0.29) is 0 Å². The van der Waals surface area contributed by atoms with Crippen molar-refractivity contribution in [1.82, 2.24) is 29.7 Å². The molecule has 0 aliphatic heterocycles. The van der Waals surface area contributed by atoms with Crippen LogP contribution in [-0.4, -0.2) is 29.7 Å². The van der Waals surface area contributed by atoms with Gasteiger partial charge in [0.05, 0.1) is 5.52 Å². The van der Waals surface area contributed by atoms with Gasteiger partial charge in [-0.25, -0.2) is 19.6 Å². The predicted molar refractivity (Wildman–Crippen MR) is 60.7 cm³/mol. The zero-order chi connectivity index (χ0) is 11.0. The summed E-state index contributed by atoms with van der Waals surface area (Å²) in [5.74, 6) is 0.811. The molecule has 0 unspecified atom stereocenters. The number of nitrogens with one attached hydrogen (secondary N) is 1. The van der Waals surface area contributed by atoms with Gasteiger partial charge in [0.1, 0.15) is 25.0 Å². The Morgan fingerprint density at radius 3 is 3.19 bits per heavy atom. The molecular formula is C9H7BrN6.